The highest BCUT2D eigenvalue weighted by atomic mass is 79.9. The molecule has 2 heterocycles. The van der Waals surface area contributed by atoms with Crippen molar-refractivity contribution in [1.82, 2.24) is 0 Å². The lowest BCUT2D eigenvalue weighted by Gasteiger charge is -2.21. The molecule has 3 nitrogen and oxygen atoms in total. The summed E-state index contributed by atoms with van der Waals surface area (Å²) in [6.45, 7) is 1.97. The predicted octanol–water partition coefficient (Wildman–Crippen LogP) is 2.42. The maximum absolute atomic E-state index is 9.81. The van der Waals surface area contributed by atoms with Gasteiger partial charge in [0.05, 0.1) is 30.5 Å². The van der Waals surface area contributed by atoms with Crippen molar-refractivity contribution in [3.8, 4) is 12.3 Å². The Bertz CT molecular complexity index is 349. The van der Waals surface area contributed by atoms with Crippen LogP contribution in [0.2, 0.25) is 0 Å². The average molecular weight is 329 g/mol. The van der Waals surface area contributed by atoms with Crippen molar-refractivity contribution in [2.45, 2.75) is 68.0 Å². The lowest BCUT2D eigenvalue weighted by atomic mass is 10.0. The number of allylic oxidation sites excluding steroid dienone is 2. The van der Waals surface area contributed by atoms with Crippen LogP contribution in [-0.2, 0) is 9.47 Å². The van der Waals surface area contributed by atoms with Crippen molar-refractivity contribution in [3.05, 3.63) is 12.2 Å². The van der Waals surface area contributed by atoms with Crippen LogP contribution in [0.15, 0.2) is 12.2 Å². The van der Waals surface area contributed by atoms with E-state index in [1.807, 2.05) is 13.0 Å². The Kier molecular flexibility index (Phi) is 5.47. The predicted molar refractivity (Wildman–Crippen MR) is 78.2 cm³/mol. The maximum atomic E-state index is 9.81. The van der Waals surface area contributed by atoms with Crippen LogP contribution in [0.25, 0.3) is 0 Å². The fourth-order valence-corrected chi connectivity index (χ4v) is 3.33. The molecule has 2 aliphatic heterocycles. The van der Waals surface area contributed by atoms with Gasteiger partial charge >= 0.3 is 0 Å². The molecule has 1 N–H and O–H groups in total. The van der Waals surface area contributed by atoms with Crippen LogP contribution < -0.4 is 0 Å². The fourth-order valence-electron chi connectivity index (χ4n) is 2.77. The number of hydrogen-bond acceptors (Lipinski definition) is 3. The van der Waals surface area contributed by atoms with Gasteiger partial charge in [-0.25, -0.2) is 0 Å². The van der Waals surface area contributed by atoms with Crippen LogP contribution in [0.4, 0.5) is 0 Å². The Morgan fingerprint density at radius 2 is 2.00 bits per heavy atom. The van der Waals surface area contributed by atoms with Gasteiger partial charge in [-0.1, -0.05) is 34.9 Å². The van der Waals surface area contributed by atoms with E-state index in [2.05, 4.69) is 21.9 Å². The molecule has 3 unspecified atom stereocenters. The van der Waals surface area contributed by atoms with Crippen molar-refractivity contribution in [1.29, 1.82) is 0 Å². The van der Waals surface area contributed by atoms with Crippen LogP contribution in [0.3, 0.4) is 0 Å². The molecule has 0 aromatic heterocycles. The Labute approximate surface area is 123 Å². The molecule has 2 fully saturated rings. The van der Waals surface area contributed by atoms with E-state index < -0.39 is 0 Å². The minimum Gasteiger partial charge on any atom is -0.390 e. The highest BCUT2D eigenvalue weighted by Crippen LogP contribution is 2.38. The van der Waals surface area contributed by atoms with E-state index in [0.717, 1.165) is 25.7 Å². The molecule has 0 saturated carbocycles. The molecule has 106 valence electrons. The van der Waals surface area contributed by atoms with Gasteiger partial charge in [-0.05, 0) is 18.9 Å². The minimum atomic E-state index is -0.369. The van der Waals surface area contributed by atoms with Crippen LogP contribution in [0.5, 0.6) is 0 Å². The highest BCUT2D eigenvalue weighted by Gasteiger charge is 2.46. The summed E-state index contributed by atoms with van der Waals surface area (Å²) in [5.41, 5.74) is 0. The quantitative estimate of drug-likeness (QED) is 0.622. The zero-order valence-electron chi connectivity index (χ0n) is 11.2. The third-order valence-corrected chi connectivity index (χ3v) is 4.83. The van der Waals surface area contributed by atoms with Gasteiger partial charge in [0.2, 0.25) is 0 Å². The van der Waals surface area contributed by atoms with Crippen molar-refractivity contribution >= 4 is 15.9 Å². The molecule has 4 heteroatoms. The molecule has 0 bridgehead atoms. The lowest BCUT2D eigenvalue weighted by Crippen LogP contribution is -2.28. The lowest BCUT2D eigenvalue weighted by molar-refractivity contribution is -0.0355. The molecule has 0 radical (unpaired) electrons. The molecular formula is C15H21BrO3. The van der Waals surface area contributed by atoms with Gasteiger partial charge in [0.1, 0.15) is 0 Å². The number of aliphatic hydroxyl groups excluding tert-OH is 1. The normalized spacial score (nSPS) is 37.2. The summed E-state index contributed by atoms with van der Waals surface area (Å²) in [6, 6.07) is 0. The van der Waals surface area contributed by atoms with Gasteiger partial charge in [-0.15, -0.1) is 6.42 Å². The molecule has 0 amide bonds. The Balaban J connectivity index is 1.81. The van der Waals surface area contributed by atoms with E-state index >= 15 is 0 Å². The first-order chi connectivity index (χ1) is 9.15. The van der Waals surface area contributed by atoms with Gasteiger partial charge in [0.25, 0.3) is 0 Å². The second-order valence-corrected chi connectivity index (χ2v) is 6.37. The van der Waals surface area contributed by atoms with Crippen LogP contribution >= 0.6 is 15.9 Å². The Morgan fingerprint density at radius 3 is 2.63 bits per heavy atom. The van der Waals surface area contributed by atoms with E-state index in [4.69, 9.17) is 15.9 Å². The first-order valence-corrected chi connectivity index (χ1v) is 7.81. The standard InChI is InChI=1S/C15H21BrO3/c1-3-5-6-7-10(16)12-8-14-15(18-12)9-13(19-14)11(17)4-2/h1,5-6,10-15,17H,4,7-9H2,2H3/b6-5+/t10?,11-,12-,13-,14?,15?/m1/s1. The van der Waals surface area contributed by atoms with Gasteiger partial charge in [0, 0.05) is 17.7 Å². The first-order valence-electron chi connectivity index (χ1n) is 6.89. The second kappa shape index (κ2) is 6.90. The zero-order chi connectivity index (χ0) is 13.8. The summed E-state index contributed by atoms with van der Waals surface area (Å²) in [6.07, 6.45) is 12.1. The van der Waals surface area contributed by atoms with Crippen molar-refractivity contribution < 1.29 is 14.6 Å². The number of alkyl halides is 1. The smallest absolute Gasteiger partial charge is 0.0868 e. The Hall–Kier alpha value is -0.340. The van der Waals surface area contributed by atoms with E-state index in [9.17, 15) is 5.11 Å². The molecule has 2 rings (SSSR count). The molecule has 0 aliphatic carbocycles. The average Bonchev–Trinajstić information content (AvgIpc) is 2.96. The summed E-state index contributed by atoms with van der Waals surface area (Å²) in [4.78, 5) is 0.265. The largest absolute Gasteiger partial charge is 0.390 e. The molecular weight excluding hydrogens is 308 g/mol. The number of terminal acetylenes is 1. The molecule has 0 aromatic carbocycles. The number of fused-ring (bicyclic) bond motifs is 1. The van der Waals surface area contributed by atoms with E-state index in [0.29, 0.717) is 0 Å². The molecule has 0 aromatic rings. The second-order valence-electron chi connectivity index (χ2n) is 5.19. The zero-order valence-corrected chi connectivity index (χ0v) is 12.8. The van der Waals surface area contributed by atoms with Crippen molar-refractivity contribution in [2.24, 2.45) is 0 Å². The third kappa shape index (κ3) is 3.61. The van der Waals surface area contributed by atoms with Gasteiger partial charge in [0.15, 0.2) is 0 Å². The summed E-state index contributed by atoms with van der Waals surface area (Å²) in [5.74, 6) is 2.48. The molecule has 2 aliphatic rings. The van der Waals surface area contributed by atoms with Crippen molar-refractivity contribution in [2.75, 3.05) is 0 Å². The maximum Gasteiger partial charge on any atom is 0.0868 e. The number of aliphatic hydroxyl groups is 1. The van der Waals surface area contributed by atoms with E-state index in [1.165, 1.54) is 0 Å². The molecule has 19 heavy (non-hydrogen) atoms. The molecule has 0 spiro atoms. The minimum absolute atomic E-state index is 0.0592. The summed E-state index contributed by atoms with van der Waals surface area (Å²) in [5, 5.41) is 9.81. The number of hydrogen-bond donors (Lipinski definition) is 1. The highest BCUT2D eigenvalue weighted by molar-refractivity contribution is 9.09. The van der Waals surface area contributed by atoms with Gasteiger partial charge in [-0.2, -0.15) is 0 Å². The number of ether oxygens (including phenoxy) is 2. The number of rotatable bonds is 5. The first kappa shape index (κ1) is 15.1. The van der Waals surface area contributed by atoms with E-state index in [1.54, 1.807) is 6.08 Å². The monoisotopic (exact) mass is 328 g/mol. The molecule has 6 atom stereocenters. The summed E-state index contributed by atoms with van der Waals surface area (Å²) < 4.78 is 11.9. The van der Waals surface area contributed by atoms with Crippen LogP contribution in [-0.4, -0.2) is 40.5 Å². The Morgan fingerprint density at radius 1 is 1.37 bits per heavy atom. The van der Waals surface area contributed by atoms with E-state index in [-0.39, 0.29) is 35.3 Å². The van der Waals surface area contributed by atoms with Crippen LogP contribution in [0, 0.1) is 12.3 Å². The summed E-state index contributed by atoms with van der Waals surface area (Å²) in [7, 11) is 0. The fraction of sp³-hybridized carbons (Fsp3) is 0.733. The topological polar surface area (TPSA) is 38.7 Å². The summed E-state index contributed by atoms with van der Waals surface area (Å²) >= 11 is 3.65. The SMILES string of the molecule is C#C/C=C/CC(Br)[C@H]1CC2O[C@@H]([C@H](O)CC)CC2O1. The van der Waals surface area contributed by atoms with Gasteiger partial charge in [-0.3, -0.25) is 0 Å². The third-order valence-electron chi connectivity index (χ3n) is 3.87. The number of halogens is 1. The van der Waals surface area contributed by atoms with Gasteiger partial charge < -0.3 is 14.6 Å². The van der Waals surface area contributed by atoms with Crippen molar-refractivity contribution in [3.63, 3.8) is 0 Å². The van der Waals surface area contributed by atoms with Crippen LogP contribution in [0.1, 0.15) is 32.6 Å². The molecule has 2 saturated heterocycles.